The molecule has 1 nitrogen and oxygen atoms in total. The predicted octanol–water partition coefficient (Wildman–Crippen LogP) is 4.22. The molecule has 1 fully saturated rings. The van der Waals surface area contributed by atoms with Crippen LogP contribution in [0.1, 0.15) is 29.9 Å². The molecule has 2 heteroatoms. The lowest BCUT2D eigenvalue weighted by molar-refractivity contribution is 0.209. The highest BCUT2D eigenvalue weighted by molar-refractivity contribution is 9.10. The molecule has 0 amide bonds. The molecule has 0 bridgehead atoms. The van der Waals surface area contributed by atoms with Crippen molar-refractivity contribution in [1.29, 1.82) is 0 Å². The minimum atomic E-state index is 0.182. The topological polar surface area (TPSA) is 26.0 Å². The average Bonchev–Trinajstić information content (AvgIpc) is 2.41. The van der Waals surface area contributed by atoms with Crippen LogP contribution in [-0.2, 0) is 5.41 Å². The van der Waals surface area contributed by atoms with Gasteiger partial charge in [-0.2, -0.15) is 0 Å². The summed E-state index contributed by atoms with van der Waals surface area (Å²) in [5.74, 6) is 0.661. The zero-order chi connectivity index (χ0) is 13.3. The number of halogens is 1. The third kappa shape index (κ3) is 2.35. The van der Waals surface area contributed by atoms with Gasteiger partial charge >= 0.3 is 0 Å². The van der Waals surface area contributed by atoms with E-state index in [9.17, 15) is 0 Å². The summed E-state index contributed by atoms with van der Waals surface area (Å²) in [7, 11) is 0. The monoisotopic (exact) mass is 315 g/mol. The molecule has 0 unspecified atom stereocenters. The zero-order valence-electron chi connectivity index (χ0n) is 10.9. The number of hydrogen-bond donors (Lipinski definition) is 1. The van der Waals surface area contributed by atoms with Gasteiger partial charge in [0.15, 0.2) is 0 Å². The fraction of sp³-hybridized carbons (Fsp3) is 0.294. The quantitative estimate of drug-likeness (QED) is 0.901. The van der Waals surface area contributed by atoms with E-state index in [2.05, 4.69) is 70.5 Å². The van der Waals surface area contributed by atoms with Crippen LogP contribution < -0.4 is 5.73 Å². The molecule has 0 atom stereocenters. The van der Waals surface area contributed by atoms with Gasteiger partial charge in [-0.3, -0.25) is 0 Å². The maximum Gasteiger partial charge on any atom is 0.0175 e. The van der Waals surface area contributed by atoms with E-state index in [0.717, 1.165) is 23.9 Å². The molecule has 98 valence electrons. The maximum atomic E-state index is 6.07. The van der Waals surface area contributed by atoms with Crippen LogP contribution in [0.2, 0.25) is 0 Å². The molecule has 1 saturated carbocycles. The van der Waals surface area contributed by atoms with Gasteiger partial charge in [0, 0.05) is 16.4 Å². The molecule has 0 heterocycles. The Morgan fingerprint density at radius 3 is 2.21 bits per heavy atom. The first-order valence-corrected chi connectivity index (χ1v) is 7.54. The first-order valence-electron chi connectivity index (χ1n) is 6.75. The maximum absolute atomic E-state index is 6.07. The highest BCUT2D eigenvalue weighted by atomic mass is 79.9. The summed E-state index contributed by atoms with van der Waals surface area (Å²) in [6, 6.07) is 19.4. The van der Waals surface area contributed by atoms with Gasteiger partial charge in [-0.1, -0.05) is 58.4 Å². The smallest absolute Gasteiger partial charge is 0.0175 e. The van der Waals surface area contributed by atoms with E-state index in [1.54, 1.807) is 0 Å². The van der Waals surface area contributed by atoms with Gasteiger partial charge in [-0.05, 0) is 42.0 Å². The fourth-order valence-electron chi connectivity index (χ4n) is 3.17. The highest BCUT2D eigenvalue weighted by Crippen LogP contribution is 2.52. The molecule has 1 aliphatic carbocycles. The van der Waals surface area contributed by atoms with Crippen LogP contribution in [0.3, 0.4) is 0 Å². The second kappa shape index (κ2) is 5.10. The zero-order valence-corrected chi connectivity index (χ0v) is 12.4. The van der Waals surface area contributed by atoms with Crippen LogP contribution in [0.5, 0.6) is 0 Å². The van der Waals surface area contributed by atoms with Crippen molar-refractivity contribution in [3.05, 3.63) is 70.2 Å². The number of benzene rings is 2. The predicted molar refractivity (Wildman–Crippen MR) is 83.3 cm³/mol. The Labute approximate surface area is 123 Å². The van der Waals surface area contributed by atoms with E-state index >= 15 is 0 Å². The Bertz CT molecular complexity index is 541. The second-order valence-corrected chi connectivity index (χ2v) is 6.42. The van der Waals surface area contributed by atoms with Gasteiger partial charge in [0.1, 0.15) is 0 Å². The van der Waals surface area contributed by atoms with Crippen molar-refractivity contribution in [2.24, 2.45) is 5.73 Å². The first kappa shape index (κ1) is 12.9. The van der Waals surface area contributed by atoms with Gasteiger partial charge in [0.05, 0.1) is 0 Å². The third-order valence-electron chi connectivity index (χ3n) is 4.39. The Hall–Kier alpha value is -1.12. The Kier molecular flexibility index (Phi) is 3.46. The summed E-state index contributed by atoms with van der Waals surface area (Å²) in [5, 5.41) is 0. The summed E-state index contributed by atoms with van der Waals surface area (Å²) >= 11 is 3.49. The summed E-state index contributed by atoms with van der Waals surface area (Å²) < 4.78 is 1.13. The minimum absolute atomic E-state index is 0.182. The molecule has 0 aliphatic heterocycles. The van der Waals surface area contributed by atoms with Crippen molar-refractivity contribution in [1.82, 2.24) is 0 Å². The van der Waals surface area contributed by atoms with E-state index < -0.39 is 0 Å². The summed E-state index contributed by atoms with van der Waals surface area (Å²) in [6.45, 7) is 0.734. The average molecular weight is 316 g/mol. The third-order valence-corrected chi connectivity index (χ3v) is 4.92. The Balaban J connectivity index is 1.80. The van der Waals surface area contributed by atoms with Crippen molar-refractivity contribution in [2.75, 3.05) is 6.54 Å². The largest absolute Gasteiger partial charge is 0.330 e. The van der Waals surface area contributed by atoms with Crippen molar-refractivity contribution in [3.8, 4) is 0 Å². The lowest BCUT2D eigenvalue weighted by Crippen LogP contribution is -2.46. The fourth-order valence-corrected chi connectivity index (χ4v) is 3.43. The molecular weight excluding hydrogens is 298 g/mol. The standard InChI is InChI=1S/C17H18BrN/c18-16-8-6-15(7-9-16)17(12-19)10-14(11-17)13-4-2-1-3-5-13/h1-9,14H,10-12,19H2. The van der Waals surface area contributed by atoms with Crippen molar-refractivity contribution >= 4 is 15.9 Å². The molecule has 3 rings (SSSR count). The van der Waals surface area contributed by atoms with Gasteiger partial charge in [0.2, 0.25) is 0 Å². The molecule has 0 spiro atoms. The molecule has 2 aromatic rings. The van der Waals surface area contributed by atoms with Crippen LogP contribution in [0.15, 0.2) is 59.1 Å². The molecular formula is C17H18BrN. The Morgan fingerprint density at radius 1 is 1.00 bits per heavy atom. The number of hydrogen-bond acceptors (Lipinski definition) is 1. The molecule has 0 saturated heterocycles. The lowest BCUT2D eigenvalue weighted by atomic mass is 9.57. The van der Waals surface area contributed by atoms with Gasteiger partial charge in [-0.15, -0.1) is 0 Å². The van der Waals surface area contributed by atoms with Crippen LogP contribution in [0.25, 0.3) is 0 Å². The van der Waals surface area contributed by atoms with E-state index in [-0.39, 0.29) is 5.41 Å². The molecule has 0 aromatic heterocycles. The van der Waals surface area contributed by atoms with E-state index in [1.165, 1.54) is 11.1 Å². The first-order chi connectivity index (χ1) is 9.23. The van der Waals surface area contributed by atoms with Gasteiger partial charge < -0.3 is 5.73 Å². The van der Waals surface area contributed by atoms with E-state index in [0.29, 0.717) is 5.92 Å². The normalized spacial score (nSPS) is 25.9. The van der Waals surface area contributed by atoms with Crippen molar-refractivity contribution in [2.45, 2.75) is 24.2 Å². The minimum Gasteiger partial charge on any atom is -0.330 e. The Morgan fingerprint density at radius 2 is 1.63 bits per heavy atom. The van der Waals surface area contributed by atoms with Crippen molar-refractivity contribution in [3.63, 3.8) is 0 Å². The number of rotatable bonds is 3. The summed E-state index contributed by atoms with van der Waals surface area (Å²) in [6.07, 6.45) is 2.32. The van der Waals surface area contributed by atoms with Gasteiger partial charge in [-0.25, -0.2) is 0 Å². The van der Waals surface area contributed by atoms with Crippen LogP contribution in [0.4, 0.5) is 0 Å². The SMILES string of the molecule is NCC1(c2ccc(Br)cc2)CC(c2ccccc2)C1. The molecule has 19 heavy (non-hydrogen) atoms. The van der Waals surface area contributed by atoms with Crippen molar-refractivity contribution < 1.29 is 0 Å². The van der Waals surface area contributed by atoms with E-state index in [1.807, 2.05) is 0 Å². The molecule has 2 N–H and O–H groups in total. The van der Waals surface area contributed by atoms with Crippen LogP contribution >= 0.6 is 15.9 Å². The second-order valence-electron chi connectivity index (χ2n) is 5.51. The highest BCUT2D eigenvalue weighted by Gasteiger charge is 2.44. The number of nitrogens with two attached hydrogens (primary N) is 1. The van der Waals surface area contributed by atoms with E-state index in [4.69, 9.17) is 5.73 Å². The molecule has 1 aliphatic rings. The molecule has 0 radical (unpaired) electrons. The molecule has 2 aromatic carbocycles. The summed E-state index contributed by atoms with van der Waals surface area (Å²) in [5.41, 5.74) is 9.08. The van der Waals surface area contributed by atoms with Crippen LogP contribution in [0, 0.1) is 0 Å². The summed E-state index contributed by atoms with van der Waals surface area (Å²) in [4.78, 5) is 0. The van der Waals surface area contributed by atoms with Crippen LogP contribution in [-0.4, -0.2) is 6.54 Å². The lowest BCUT2D eigenvalue weighted by Gasteiger charge is -2.48. The van der Waals surface area contributed by atoms with Gasteiger partial charge in [0.25, 0.3) is 0 Å².